The van der Waals surface area contributed by atoms with Gasteiger partial charge in [0.2, 0.25) is 0 Å². The number of esters is 1. The maximum Gasteiger partial charge on any atom is 0.416 e. The molecule has 0 aliphatic rings. The number of nitrogens with zero attached hydrogens (tertiary/aromatic N) is 1. The first-order chi connectivity index (χ1) is 12.7. The number of nitrogens with one attached hydrogen (secondary N) is 1. The number of carbonyl (C=O) groups excluding carboxylic acids is 2. The van der Waals surface area contributed by atoms with Crippen LogP contribution in [0.25, 0.3) is 0 Å². The van der Waals surface area contributed by atoms with E-state index in [1.54, 1.807) is 0 Å². The third-order valence-electron chi connectivity index (χ3n) is 3.34. The molecular formula is C18H12ClF3N2O3. The predicted octanol–water partition coefficient (Wildman–Crippen LogP) is 3.95. The Labute approximate surface area is 157 Å². The lowest BCUT2D eigenvalue weighted by atomic mass is 10.1. The van der Waals surface area contributed by atoms with Gasteiger partial charge >= 0.3 is 12.1 Å². The molecule has 0 radical (unpaired) electrons. The minimum atomic E-state index is -4.52. The van der Waals surface area contributed by atoms with E-state index in [9.17, 15) is 22.8 Å². The summed E-state index contributed by atoms with van der Waals surface area (Å²) >= 11 is 5.79. The fourth-order valence-corrected chi connectivity index (χ4v) is 2.30. The number of anilines is 1. The summed E-state index contributed by atoms with van der Waals surface area (Å²) in [5.41, 5.74) is -0.445. The van der Waals surface area contributed by atoms with Crippen LogP contribution in [0.2, 0.25) is 5.02 Å². The van der Waals surface area contributed by atoms with Crippen molar-refractivity contribution in [2.24, 2.45) is 0 Å². The highest BCUT2D eigenvalue weighted by Gasteiger charge is 2.30. The van der Waals surface area contributed by atoms with Crippen LogP contribution >= 0.6 is 11.6 Å². The van der Waals surface area contributed by atoms with Crippen LogP contribution in [0, 0.1) is 11.3 Å². The molecule has 0 aliphatic carbocycles. The van der Waals surface area contributed by atoms with Crippen LogP contribution in [0.3, 0.4) is 0 Å². The van der Waals surface area contributed by atoms with Crippen molar-refractivity contribution in [3.8, 4) is 6.07 Å². The van der Waals surface area contributed by atoms with Gasteiger partial charge < -0.3 is 10.1 Å². The van der Waals surface area contributed by atoms with E-state index in [1.807, 2.05) is 6.07 Å². The van der Waals surface area contributed by atoms with Gasteiger partial charge in [0.25, 0.3) is 5.91 Å². The summed E-state index contributed by atoms with van der Waals surface area (Å²) in [4.78, 5) is 23.6. The van der Waals surface area contributed by atoms with Crippen LogP contribution in [-0.2, 0) is 26.9 Å². The van der Waals surface area contributed by atoms with Gasteiger partial charge in [0.05, 0.1) is 23.2 Å². The van der Waals surface area contributed by atoms with Gasteiger partial charge in [-0.2, -0.15) is 18.4 Å². The lowest BCUT2D eigenvalue weighted by Crippen LogP contribution is -2.22. The first kappa shape index (κ1) is 20.3. The van der Waals surface area contributed by atoms with Crippen LogP contribution in [0.1, 0.15) is 16.7 Å². The molecule has 1 N–H and O–H groups in total. The van der Waals surface area contributed by atoms with E-state index >= 15 is 0 Å². The van der Waals surface area contributed by atoms with Crippen molar-refractivity contribution >= 4 is 29.2 Å². The standard InChI is InChI=1S/C18H12ClF3N2O3/c19-14-5-4-12(9-23)15(8-14)24-16(25)10-27-17(26)7-11-2-1-3-13(6-11)18(20,21)22/h1-6,8H,7,10H2,(H,24,25). The predicted molar refractivity (Wildman–Crippen MR) is 90.9 cm³/mol. The number of halogens is 4. The zero-order valence-corrected chi connectivity index (χ0v) is 14.4. The van der Waals surface area contributed by atoms with E-state index in [4.69, 9.17) is 21.6 Å². The molecule has 0 saturated heterocycles. The maximum atomic E-state index is 12.7. The second-order valence-corrected chi connectivity index (χ2v) is 5.82. The molecule has 0 unspecified atom stereocenters. The van der Waals surface area contributed by atoms with E-state index in [-0.39, 0.29) is 16.8 Å². The summed E-state index contributed by atoms with van der Waals surface area (Å²) < 4.78 is 42.7. The molecule has 2 aromatic rings. The number of nitriles is 1. The van der Waals surface area contributed by atoms with Crippen LogP contribution in [0.4, 0.5) is 18.9 Å². The second kappa shape index (κ2) is 8.56. The van der Waals surface area contributed by atoms with Gasteiger partial charge in [-0.15, -0.1) is 0 Å². The Morgan fingerprint density at radius 1 is 1.19 bits per heavy atom. The number of carbonyl (C=O) groups is 2. The number of benzene rings is 2. The van der Waals surface area contributed by atoms with Crippen molar-refractivity contribution in [1.82, 2.24) is 0 Å². The van der Waals surface area contributed by atoms with Crippen molar-refractivity contribution in [3.63, 3.8) is 0 Å². The average Bonchev–Trinajstić information content (AvgIpc) is 2.60. The molecule has 1 amide bonds. The summed E-state index contributed by atoms with van der Waals surface area (Å²) in [5, 5.41) is 11.6. The molecule has 9 heteroatoms. The topological polar surface area (TPSA) is 79.2 Å². The average molecular weight is 397 g/mol. The molecule has 140 valence electrons. The lowest BCUT2D eigenvalue weighted by Gasteiger charge is -2.10. The van der Waals surface area contributed by atoms with Gasteiger partial charge in [-0.3, -0.25) is 9.59 Å². The highest BCUT2D eigenvalue weighted by molar-refractivity contribution is 6.31. The van der Waals surface area contributed by atoms with Gasteiger partial charge in [-0.1, -0.05) is 29.8 Å². The minimum Gasteiger partial charge on any atom is -0.455 e. The van der Waals surface area contributed by atoms with Crippen molar-refractivity contribution < 1.29 is 27.5 Å². The summed E-state index contributed by atoms with van der Waals surface area (Å²) in [7, 11) is 0. The Balaban J connectivity index is 1.92. The zero-order valence-electron chi connectivity index (χ0n) is 13.6. The van der Waals surface area contributed by atoms with Crippen LogP contribution < -0.4 is 5.32 Å². The van der Waals surface area contributed by atoms with E-state index in [0.29, 0.717) is 5.02 Å². The first-order valence-corrected chi connectivity index (χ1v) is 7.88. The summed E-state index contributed by atoms with van der Waals surface area (Å²) in [6.07, 6.45) is -4.94. The molecular weight excluding hydrogens is 385 g/mol. The van der Waals surface area contributed by atoms with Crippen molar-refractivity contribution in [1.29, 1.82) is 5.26 Å². The Morgan fingerprint density at radius 2 is 1.93 bits per heavy atom. The largest absolute Gasteiger partial charge is 0.455 e. The highest BCUT2D eigenvalue weighted by Crippen LogP contribution is 2.29. The minimum absolute atomic E-state index is 0.108. The van der Waals surface area contributed by atoms with Crippen LogP contribution in [0.5, 0.6) is 0 Å². The fourth-order valence-electron chi connectivity index (χ4n) is 2.13. The lowest BCUT2D eigenvalue weighted by molar-refractivity contribution is -0.146. The molecule has 0 heterocycles. The monoisotopic (exact) mass is 396 g/mol. The van der Waals surface area contributed by atoms with Crippen LogP contribution in [0.15, 0.2) is 42.5 Å². The molecule has 0 aliphatic heterocycles. The van der Waals surface area contributed by atoms with E-state index in [2.05, 4.69) is 5.32 Å². The fraction of sp³-hybridized carbons (Fsp3) is 0.167. The molecule has 0 fully saturated rings. The van der Waals surface area contributed by atoms with Gasteiger partial charge in [0.1, 0.15) is 6.07 Å². The smallest absolute Gasteiger partial charge is 0.416 e. The molecule has 27 heavy (non-hydrogen) atoms. The number of hydrogen-bond donors (Lipinski definition) is 1. The van der Waals surface area contributed by atoms with Crippen molar-refractivity contribution in [2.45, 2.75) is 12.6 Å². The van der Waals surface area contributed by atoms with E-state index < -0.39 is 36.6 Å². The number of alkyl halides is 3. The van der Waals surface area contributed by atoms with Gasteiger partial charge in [-0.25, -0.2) is 0 Å². The number of amides is 1. The van der Waals surface area contributed by atoms with Crippen molar-refractivity contribution in [3.05, 3.63) is 64.2 Å². The molecule has 2 aromatic carbocycles. The molecule has 0 bridgehead atoms. The SMILES string of the molecule is N#Cc1ccc(Cl)cc1NC(=O)COC(=O)Cc1cccc(C(F)(F)F)c1. The second-order valence-electron chi connectivity index (χ2n) is 5.39. The molecule has 2 rings (SSSR count). The molecule has 0 atom stereocenters. The Morgan fingerprint density at radius 3 is 2.59 bits per heavy atom. The summed E-state index contributed by atoms with van der Waals surface area (Å²) in [6.45, 7) is -0.658. The normalized spacial score (nSPS) is 10.8. The maximum absolute atomic E-state index is 12.7. The van der Waals surface area contributed by atoms with Crippen molar-refractivity contribution in [2.75, 3.05) is 11.9 Å². The molecule has 0 spiro atoms. The highest BCUT2D eigenvalue weighted by atomic mass is 35.5. The quantitative estimate of drug-likeness (QED) is 0.776. The van der Waals surface area contributed by atoms with Gasteiger partial charge in [0.15, 0.2) is 6.61 Å². The Hall–Kier alpha value is -3.05. The van der Waals surface area contributed by atoms with Gasteiger partial charge in [-0.05, 0) is 29.8 Å². The zero-order chi connectivity index (χ0) is 20.0. The Kier molecular flexibility index (Phi) is 6.42. The Bertz CT molecular complexity index is 907. The first-order valence-electron chi connectivity index (χ1n) is 7.50. The molecule has 0 saturated carbocycles. The number of hydrogen-bond acceptors (Lipinski definition) is 4. The molecule has 5 nitrogen and oxygen atoms in total. The van der Waals surface area contributed by atoms with E-state index in [0.717, 1.165) is 12.1 Å². The van der Waals surface area contributed by atoms with Gasteiger partial charge in [0, 0.05) is 5.02 Å². The molecule has 0 aromatic heterocycles. The third-order valence-corrected chi connectivity index (χ3v) is 3.58. The summed E-state index contributed by atoms with van der Waals surface area (Å²) in [5.74, 6) is -1.58. The number of rotatable bonds is 5. The third kappa shape index (κ3) is 6.01. The van der Waals surface area contributed by atoms with E-state index in [1.165, 1.54) is 30.3 Å². The number of ether oxygens (including phenoxy) is 1. The summed E-state index contributed by atoms with van der Waals surface area (Å²) in [6, 6.07) is 10.4. The van der Waals surface area contributed by atoms with Crippen LogP contribution in [-0.4, -0.2) is 18.5 Å².